The smallest absolute Gasteiger partial charge is 0.284 e. The molecule has 8 heteroatoms. The van der Waals surface area contributed by atoms with Crippen molar-refractivity contribution < 1.29 is 13.6 Å². The number of carbonyl (C=O) groups is 1. The van der Waals surface area contributed by atoms with Gasteiger partial charge in [0.05, 0.1) is 11.7 Å². The fourth-order valence-corrected chi connectivity index (χ4v) is 1.41. The maximum Gasteiger partial charge on any atom is 0.284 e. The standard InChI is InChI=1S/C11H18F2N4O.ClH/c1-6(2)4-17-5-8(9(16-17)10(12)13)15-11(18)7(3)14;/h5-7,10H,4,14H2,1-3H3,(H,15,18);1H/t7-;/m1./s1. The van der Waals surface area contributed by atoms with E-state index in [4.69, 9.17) is 5.73 Å². The molecule has 0 aliphatic heterocycles. The van der Waals surface area contributed by atoms with Crippen molar-refractivity contribution in [1.29, 1.82) is 0 Å². The van der Waals surface area contributed by atoms with Crippen molar-refractivity contribution >= 4 is 24.0 Å². The molecule has 3 N–H and O–H groups in total. The van der Waals surface area contributed by atoms with Crippen LogP contribution < -0.4 is 11.1 Å². The van der Waals surface area contributed by atoms with Gasteiger partial charge in [0.1, 0.15) is 0 Å². The number of hydrogen-bond donors (Lipinski definition) is 2. The Labute approximate surface area is 116 Å². The minimum atomic E-state index is -2.73. The van der Waals surface area contributed by atoms with Gasteiger partial charge in [-0.25, -0.2) is 8.78 Å². The van der Waals surface area contributed by atoms with E-state index >= 15 is 0 Å². The number of alkyl halides is 2. The van der Waals surface area contributed by atoms with Crippen molar-refractivity contribution in [2.75, 3.05) is 5.32 Å². The molecule has 5 nitrogen and oxygen atoms in total. The maximum absolute atomic E-state index is 12.8. The molecule has 0 radical (unpaired) electrons. The molecule has 1 rings (SSSR count). The van der Waals surface area contributed by atoms with Crippen LogP contribution in [0.25, 0.3) is 0 Å². The molecule has 1 atom stereocenters. The largest absolute Gasteiger partial charge is 0.322 e. The van der Waals surface area contributed by atoms with Gasteiger partial charge in [0.2, 0.25) is 5.91 Å². The summed E-state index contributed by atoms with van der Waals surface area (Å²) in [6.45, 7) is 5.89. The second-order valence-electron chi connectivity index (χ2n) is 4.62. The predicted molar refractivity (Wildman–Crippen MR) is 71.5 cm³/mol. The quantitative estimate of drug-likeness (QED) is 0.875. The summed E-state index contributed by atoms with van der Waals surface area (Å²) in [5.74, 6) is -0.242. The highest BCUT2D eigenvalue weighted by atomic mass is 35.5. The fraction of sp³-hybridized carbons (Fsp3) is 0.636. The molecular formula is C11H19ClF2N4O. The van der Waals surface area contributed by atoms with Crippen molar-refractivity contribution in [1.82, 2.24) is 9.78 Å². The molecular weight excluding hydrogens is 278 g/mol. The highest BCUT2D eigenvalue weighted by molar-refractivity contribution is 5.94. The van der Waals surface area contributed by atoms with Crippen LogP contribution >= 0.6 is 12.4 Å². The predicted octanol–water partition coefficient (Wildman–Crippen LogP) is 2.18. The van der Waals surface area contributed by atoms with Crippen LogP contribution in [-0.4, -0.2) is 21.7 Å². The van der Waals surface area contributed by atoms with Crippen molar-refractivity contribution in [2.45, 2.75) is 39.8 Å². The number of halogens is 3. The zero-order chi connectivity index (χ0) is 13.9. The van der Waals surface area contributed by atoms with Gasteiger partial charge in [0.25, 0.3) is 6.43 Å². The molecule has 1 aromatic rings. The van der Waals surface area contributed by atoms with Crippen LogP contribution in [0, 0.1) is 5.92 Å². The second-order valence-corrected chi connectivity index (χ2v) is 4.62. The molecule has 0 aromatic carbocycles. The van der Waals surface area contributed by atoms with Crippen LogP contribution in [0.3, 0.4) is 0 Å². The molecule has 0 unspecified atom stereocenters. The molecule has 19 heavy (non-hydrogen) atoms. The van der Waals surface area contributed by atoms with E-state index in [1.165, 1.54) is 17.8 Å². The molecule has 0 aliphatic carbocycles. The number of hydrogen-bond acceptors (Lipinski definition) is 3. The Kier molecular flexibility index (Phi) is 6.93. The lowest BCUT2D eigenvalue weighted by Crippen LogP contribution is -2.32. The lowest BCUT2D eigenvalue weighted by Gasteiger charge is -2.06. The van der Waals surface area contributed by atoms with Gasteiger partial charge in [-0.3, -0.25) is 9.48 Å². The average Bonchev–Trinajstić information content (AvgIpc) is 2.59. The van der Waals surface area contributed by atoms with Crippen molar-refractivity contribution in [3.8, 4) is 0 Å². The van der Waals surface area contributed by atoms with E-state index in [0.717, 1.165) is 0 Å². The van der Waals surface area contributed by atoms with Gasteiger partial charge in [-0.05, 0) is 12.8 Å². The van der Waals surface area contributed by atoms with E-state index in [0.29, 0.717) is 6.54 Å². The van der Waals surface area contributed by atoms with Gasteiger partial charge >= 0.3 is 0 Å². The van der Waals surface area contributed by atoms with Crippen molar-refractivity contribution in [2.24, 2.45) is 11.7 Å². The summed E-state index contributed by atoms with van der Waals surface area (Å²) in [5.41, 5.74) is 4.97. The van der Waals surface area contributed by atoms with Crippen LogP contribution in [0.5, 0.6) is 0 Å². The van der Waals surface area contributed by atoms with Crippen LogP contribution in [0.1, 0.15) is 32.9 Å². The Morgan fingerprint density at radius 3 is 2.47 bits per heavy atom. The SMILES string of the molecule is CC(C)Cn1cc(NC(=O)[C@@H](C)N)c(C(F)F)n1.Cl. The second kappa shape index (κ2) is 7.40. The topological polar surface area (TPSA) is 72.9 Å². The maximum atomic E-state index is 12.8. The number of carbonyl (C=O) groups excluding carboxylic acids is 1. The van der Waals surface area contributed by atoms with Crippen LogP contribution in [0.4, 0.5) is 14.5 Å². The molecule has 0 saturated carbocycles. The monoisotopic (exact) mass is 296 g/mol. The van der Waals surface area contributed by atoms with Crippen LogP contribution in [0.15, 0.2) is 6.20 Å². The number of aromatic nitrogens is 2. The molecule has 1 aromatic heterocycles. The van der Waals surface area contributed by atoms with Gasteiger partial charge in [0, 0.05) is 12.7 Å². The lowest BCUT2D eigenvalue weighted by molar-refractivity contribution is -0.117. The summed E-state index contributed by atoms with van der Waals surface area (Å²) >= 11 is 0. The number of amides is 1. The number of nitrogens with one attached hydrogen (secondary N) is 1. The van der Waals surface area contributed by atoms with Crippen LogP contribution in [0.2, 0.25) is 0 Å². The third kappa shape index (κ3) is 5.12. The summed E-state index contributed by atoms with van der Waals surface area (Å²) in [5, 5.41) is 6.13. The molecule has 0 aliphatic rings. The summed E-state index contributed by atoms with van der Waals surface area (Å²) in [6, 6.07) is -0.760. The third-order valence-corrected chi connectivity index (χ3v) is 2.22. The Morgan fingerprint density at radius 1 is 1.47 bits per heavy atom. The molecule has 0 spiro atoms. The van der Waals surface area contributed by atoms with E-state index in [1.54, 1.807) is 0 Å². The Bertz CT molecular complexity index is 421. The van der Waals surface area contributed by atoms with E-state index in [1.807, 2.05) is 13.8 Å². The number of nitrogens with zero attached hydrogens (tertiary/aromatic N) is 2. The highest BCUT2D eigenvalue weighted by Gasteiger charge is 2.21. The van der Waals surface area contributed by atoms with E-state index < -0.39 is 24.1 Å². The van der Waals surface area contributed by atoms with E-state index in [-0.39, 0.29) is 24.0 Å². The van der Waals surface area contributed by atoms with E-state index in [2.05, 4.69) is 10.4 Å². The Balaban J connectivity index is 0.00000324. The fourth-order valence-electron chi connectivity index (χ4n) is 1.41. The first-order chi connectivity index (χ1) is 8.31. The molecule has 1 amide bonds. The molecule has 0 fully saturated rings. The Morgan fingerprint density at radius 2 is 2.05 bits per heavy atom. The van der Waals surface area contributed by atoms with Gasteiger partial charge in [-0.2, -0.15) is 5.10 Å². The van der Waals surface area contributed by atoms with Gasteiger partial charge in [-0.15, -0.1) is 12.4 Å². The minimum absolute atomic E-state index is 0. The summed E-state index contributed by atoms with van der Waals surface area (Å²) < 4.78 is 26.9. The first-order valence-electron chi connectivity index (χ1n) is 5.73. The summed E-state index contributed by atoms with van der Waals surface area (Å²) in [6.07, 6.45) is -1.33. The first kappa shape index (κ1) is 17.8. The number of rotatable bonds is 5. The normalized spacial score (nSPS) is 12.4. The molecule has 0 saturated heterocycles. The average molecular weight is 297 g/mol. The van der Waals surface area contributed by atoms with Gasteiger partial charge < -0.3 is 11.1 Å². The number of anilines is 1. The van der Waals surface area contributed by atoms with E-state index in [9.17, 15) is 13.6 Å². The summed E-state index contributed by atoms with van der Waals surface area (Å²) in [4.78, 5) is 11.4. The highest BCUT2D eigenvalue weighted by Crippen LogP contribution is 2.25. The lowest BCUT2D eigenvalue weighted by atomic mass is 10.2. The van der Waals surface area contributed by atoms with Gasteiger partial charge in [0.15, 0.2) is 5.69 Å². The van der Waals surface area contributed by atoms with Crippen molar-refractivity contribution in [3.63, 3.8) is 0 Å². The van der Waals surface area contributed by atoms with Crippen molar-refractivity contribution in [3.05, 3.63) is 11.9 Å². The summed E-state index contributed by atoms with van der Waals surface area (Å²) in [7, 11) is 0. The third-order valence-electron chi connectivity index (χ3n) is 2.22. The van der Waals surface area contributed by atoms with Crippen LogP contribution in [-0.2, 0) is 11.3 Å². The first-order valence-corrected chi connectivity index (χ1v) is 5.73. The zero-order valence-corrected chi connectivity index (χ0v) is 11.9. The Hall–Kier alpha value is -1.21. The van der Waals surface area contributed by atoms with Gasteiger partial charge in [-0.1, -0.05) is 13.8 Å². The molecule has 0 bridgehead atoms. The minimum Gasteiger partial charge on any atom is -0.322 e. The molecule has 1 heterocycles. The number of nitrogens with two attached hydrogens (primary N) is 1. The molecule has 110 valence electrons. The zero-order valence-electron chi connectivity index (χ0n) is 11.1.